The Hall–Kier alpha value is -1.59. The fourth-order valence-corrected chi connectivity index (χ4v) is 2.12. The third-order valence-corrected chi connectivity index (χ3v) is 3.17. The summed E-state index contributed by atoms with van der Waals surface area (Å²) in [5.74, 6) is 0.628. The molecule has 2 rings (SSSR count). The van der Waals surface area contributed by atoms with Crippen LogP contribution in [0.3, 0.4) is 0 Å². The molecule has 1 aromatic carbocycles. The first-order valence-electron chi connectivity index (χ1n) is 6.49. The highest BCUT2D eigenvalue weighted by atomic mass is 16.5. The Morgan fingerprint density at radius 2 is 2.26 bits per heavy atom. The largest absolute Gasteiger partial charge is 0.491 e. The first-order valence-corrected chi connectivity index (χ1v) is 6.49. The van der Waals surface area contributed by atoms with Gasteiger partial charge in [0.2, 0.25) is 5.91 Å². The van der Waals surface area contributed by atoms with E-state index < -0.39 is 6.10 Å². The Morgan fingerprint density at radius 1 is 1.47 bits per heavy atom. The quantitative estimate of drug-likeness (QED) is 0.859. The van der Waals surface area contributed by atoms with Crippen molar-refractivity contribution in [3.8, 4) is 5.75 Å². The average molecular weight is 265 g/mol. The van der Waals surface area contributed by atoms with Crippen molar-refractivity contribution in [1.82, 2.24) is 0 Å². The summed E-state index contributed by atoms with van der Waals surface area (Å²) in [5.41, 5.74) is 1.42. The van der Waals surface area contributed by atoms with Gasteiger partial charge >= 0.3 is 0 Å². The van der Waals surface area contributed by atoms with E-state index in [9.17, 15) is 9.90 Å². The second-order valence-corrected chi connectivity index (χ2v) is 4.62. The van der Waals surface area contributed by atoms with Crippen LogP contribution >= 0.6 is 0 Å². The molecule has 1 heterocycles. The van der Waals surface area contributed by atoms with Crippen LogP contribution in [0.1, 0.15) is 31.4 Å². The van der Waals surface area contributed by atoms with E-state index in [1.807, 2.05) is 0 Å². The lowest BCUT2D eigenvalue weighted by atomic mass is 10.1. The van der Waals surface area contributed by atoms with Crippen LogP contribution in [0.2, 0.25) is 0 Å². The fourth-order valence-electron chi connectivity index (χ4n) is 2.12. The molecule has 104 valence electrons. The normalized spacial score (nSPS) is 16.6. The van der Waals surface area contributed by atoms with Gasteiger partial charge in [-0.3, -0.25) is 4.79 Å². The summed E-state index contributed by atoms with van der Waals surface area (Å²) in [6, 6.07) is 5.35. The number of carbonyl (C=O) groups is 1. The molecule has 1 atom stereocenters. The molecule has 0 saturated heterocycles. The number of aliphatic hydroxyl groups excluding tert-OH is 2. The van der Waals surface area contributed by atoms with Crippen molar-refractivity contribution in [2.24, 2.45) is 0 Å². The molecule has 0 spiro atoms. The number of amides is 1. The molecule has 1 unspecified atom stereocenters. The van der Waals surface area contributed by atoms with E-state index in [1.165, 1.54) is 0 Å². The maximum absolute atomic E-state index is 12.1. The van der Waals surface area contributed by atoms with Gasteiger partial charge in [0.25, 0.3) is 0 Å². The van der Waals surface area contributed by atoms with Crippen molar-refractivity contribution in [2.75, 3.05) is 24.7 Å². The first-order chi connectivity index (χ1) is 9.13. The van der Waals surface area contributed by atoms with E-state index in [4.69, 9.17) is 9.84 Å². The summed E-state index contributed by atoms with van der Waals surface area (Å²) in [6.45, 7) is 2.53. The van der Waals surface area contributed by atoms with Gasteiger partial charge in [-0.05, 0) is 31.0 Å². The number of fused-ring (bicyclic) bond motifs is 1. The molecule has 0 fully saturated rings. The average Bonchev–Trinajstić information content (AvgIpc) is 2.54. The Balaban J connectivity index is 2.38. The number of hydrogen-bond donors (Lipinski definition) is 2. The fraction of sp³-hybridized carbons (Fsp3) is 0.500. The molecule has 19 heavy (non-hydrogen) atoms. The number of benzene rings is 1. The van der Waals surface area contributed by atoms with E-state index in [2.05, 4.69) is 0 Å². The Labute approximate surface area is 112 Å². The Morgan fingerprint density at radius 3 is 2.95 bits per heavy atom. The summed E-state index contributed by atoms with van der Waals surface area (Å²) in [7, 11) is 0. The van der Waals surface area contributed by atoms with Crippen molar-refractivity contribution in [3.05, 3.63) is 23.8 Å². The first kappa shape index (κ1) is 13.8. The molecular formula is C14H19NO4. The van der Waals surface area contributed by atoms with Gasteiger partial charge in [0.05, 0.1) is 24.8 Å². The summed E-state index contributed by atoms with van der Waals surface area (Å²) < 4.78 is 5.56. The minimum Gasteiger partial charge on any atom is -0.491 e. The van der Waals surface area contributed by atoms with E-state index in [1.54, 1.807) is 30.0 Å². The van der Waals surface area contributed by atoms with Gasteiger partial charge in [0, 0.05) is 13.2 Å². The molecule has 2 N–H and O–H groups in total. The molecule has 0 aromatic heterocycles. The predicted molar refractivity (Wildman–Crippen MR) is 71.2 cm³/mol. The molecule has 5 nitrogen and oxygen atoms in total. The summed E-state index contributed by atoms with van der Waals surface area (Å²) in [4.78, 5) is 13.7. The lowest BCUT2D eigenvalue weighted by Crippen LogP contribution is -2.31. The van der Waals surface area contributed by atoms with Crippen LogP contribution in [0, 0.1) is 0 Å². The SMILES string of the molecule is CC(O)c1ccc2c(c1)N(CCCO)C(=O)CCO2. The molecule has 1 aliphatic heterocycles. The number of nitrogens with zero attached hydrogens (tertiary/aromatic N) is 1. The van der Waals surface area contributed by atoms with Crippen molar-refractivity contribution in [1.29, 1.82) is 0 Å². The van der Waals surface area contributed by atoms with Crippen LogP contribution in [-0.2, 0) is 4.79 Å². The highest BCUT2D eigenvalue weighted by Crippen LogP contribution is 2.34. The van der Waals surface area contributed by atoms with Gasteiger partial charge in [-0.25, -0.2) is 0 Å². The molecule has 1 aliphatic rings. The summed E-state index contributed by atoms with van der Waals surface area (Å²) >= 11 is 0. The molecule has 1 amide bonds. The van der Waals surface area contributed by atoms with Crippen molar-refractivity contribution >= 4 is 11.6 Å². The summed E-state index contributed by atoms with van der Waals surface area (Å²) in [6.07, 6.45) is 0.247. The monoisotopic (exact) mass is 265 g/mol. The van der Waals surface area contributed by atoms with Gasteiger partial charge in [0.1, 0.15) is 5.75 Å². The Bertz CT molecular complexity index is 459. The smallest absolute Gasteiger partial charge is 0.230 e. The number of hydrogen-bond acceptors (Lipinski definition) is 4. The number of aliphatic hydroxyl groups is 2. The zero-order chi connectivity index (χ0) is 13.8. The van der Waals surface area contributed by atoms with E-state index in [-0.39, 0.29) is 12.5 Å². The lowest BCUT2D eigenvalue weighted by molar-refractivity contribution is -0.118. The zero-order valence-electron chi connectivity index (χ0n) is 11.0. The van der Waals surface area contributed by atoms with Crippen molar-refractivity contribution < 1.29 is 19.7 Å². The molecule has 0 aliphatic carbocycles. The highest BCUT2D eigenvalue weighted by Gasteiger charge is 2.23. The van der Waals surface area contributed by atoms with Crippen LogP contribution in [0.15, 0.2) is 18.2 Å². The molecular weight excluding hydrogens is 246 g/mol. The number of rotatable bonds is 4. The van der Waals surface area contributed by atoms with Crippen LogP contribution in [0.25, 0.3) is 0 Å². The van der Waals surface area contributed by atoms with Crippen molar-refractivity contribution in [2.45, 2.75) is 25.9 Å². The van der Waals surface area contributed by atoms with Gasteiger partial charge < -0.3 is 19.8 Å². The minimum absolute atomic E-state index is 0.0186. The molecule has 0 radical (unpaired) electrons. The third kappa shape index (κ3) is 3.05. The molecule has 0 saturated carbocycles. The van der Waals surface area contributed by atoms with Gasteiger partial charge in [-0.1, -0.05) is 6.07 Å². The maximum atomic E-state index is 12.1. The van der Waals surface area contributed by atoms with Gasteiger partial charge in [-0.2, -0.15) is 0 Å². The second kappa shape index (κ2) is 6.04. The summed E-state index contributed by atoms with van der Waals surface area (Å²) in [5, 5.41) is 18.6. The maximum Gasteiger partial charge on any atom is 0.230 e. The highest BCUT2D eigenvalue weighted by molar-refractivity contribution is 5.95. The van der Waals surface area contributed by atoms with Crippen LogP contribution in [0.4, 0.5) is 5.69 Å². The van der Waals surface area contributed by atoms with Crippen LogP contribution in [0.5, 0.6) is 5.75 Å². The Kier molecular flexibility index (Phi) is 4.39. The van der Waals surface area contributed by atoms with Crippen LogP contribution < -0.4 is 9.64 Å². The van der Waals surface area contributed by atoms with E-state index >= 15 is 0 Å². The number of anilines is 1. The number of ether oxygens (including phenoxy) is 1. The van der Waals surface area contributed by atoms with E-state index in [0.717, 1.165) is 5.56 Å². The van der Waals surface area contributed by atoms with Crippen LogP contribution in [-0.4, -0.2) is 35.9 Å². The number of carbonyl (C=O) groups excluding carboxylic acids is 1. The molecule has 0 bridgehead atoms. The molecule has 5 heteroatoms. The van der Waals surface area contributed by atoms with E-state index in [0.29, 0.717) is 37.4 Å². The zero-order valence-corrected chi connectivity index (χ0v) is 11.0. The van der Waals surface area contributed by atoms with Gasteiger partial charge in [0.15, 0.2) is 0 Å². The minimum atomic E-state index is -0.594. The topological polar surface area (TPSA) is 70.0 Å². The van der Waals surface area contributed by atoms with Gasteiger partial charge in [-0.15, -0.1) is 0 Å². The third-order valence-electron chi connectivity index (χ3n) is 3.17. The van der Waals surface area contributed by atoms with Crippen molar-refractivity contribution in [3.63, 3.8) is 0 Å². The standard InChI is InChI=1S/C14H19NO4/c1-10(17)11-3-4-13-12(9-11)15(6-2-7-16)14(18)5-8-19-13/h3-4,9-10,16-17H,2,5-8H2,1H3. The lowest BCUT2D eigenvalue weighted by Gasteiger charge is -2.22. The predicted octanol–water partition coefficient (Wildman–Crippen LogP) is 1.24. The second-order valence-electron chi connectivity index (χ2n) is 4.62. The molecule has 1 aromatic rings.